The van der Waals surface area contributed by atoms with Crippen molar-refractivity contribution in [2.45, 2.75) is 46.6 Å². The number of aryl methyl sites for hydroxylation is 2. The standard InChI is InChI=1S/C22H24N4O2/c1-4-10-26-11-9-16-12-17(5-7-20(16)26)25-21(27)8-6-18-14(2)19(13-23)22(28)24-15(18)3/h5,7,9,11-12H,4,6,8,10H2,1-3H3,(H,24,28)(H,25,27). The van der Waals surface area contributed by atoms with Gasteiger partial charge in [0.15, 0.2) is 0 Å². The van der Waals surface area contributed by atoms with E-state index in [4.69, 9.17) is 5.26 Å². The average Bonchev–Trinajstić information content (AvgIpc) is 3.04. The lowest BCUT2D eigenvalue weighted by molar-refractivity contribution is -0.116. The molecule has 3 aromatic rings. The maximum absolute atomic E-state index is 12.4. The number of nitrogens with one attached hydrogen (secondary N) is 2. The first-order chi connectivity index (χ1) is 13.4. The lowest BCUT2D eigenvalue weighted by Gasteiger charge is -2.11. The van der Waals surface area contributed by atoms with Gasteiger partial charge < -0.3 is 14.9 Å². The zero-order valence-electron chi connectivity index (χ0n) is 16.4. The van der Waals surface area contributed by atoms with Gasteiger partial charge in [0, 0.05) is 41.4 Å². The molecule has 0 aliphatic carbocycles. The normalized spacial score (nSPS) is 10.8. The molecule has 0 aliphatic rings. The van der Waals surface area contributed by atoms with Crippen LogP contribution >= 0.6 is 0 Å². The molecule has 0 spiro atoms. The largest absolute Gasteiger partial charge is 0.347 e. The van der Waals surface area contributed by atoms with Gasteiger partial charge in [0.2, 0.25) is 5.91 Å². The molecule has 0 saturated heterocycles. The monoisotopic (exact) mass is 376 g/mol. The van der Waals surface area contributed by atoms with Crippen LogP contribution in [0.5, 0.6) is 0 Å². The second-order valence-electron chi connectivity index (χ2n) is 7.00. The lowest BCUT2D eigenvalue weighted by atomic mass is 9.99. The van der Waals surface area contributed by atoms with Crippen LogP contribution in [0, 0.1) is 25.2 Å². The molecule has 6 nitrogen and oxygen atoms in total. The summed E-state index contributed by atoms with van der Waals surface area (Å²) in [6.07, 6.45) is 3.87. The Morgan fingerprint density at radius 1 is 1.29 bits per heavy atom. The minimum atomic E-state index is -0.381. The van der Waals surface area contributed by atoms with Crippen molar-refractivity contribution < 1.29 is 4.79 Å². The Labute approximate surface area is 163 Å². The molecule has 0 saturated carbocycles. The Hall–Kier alpha value is -3.33. The third kappa shape index (κ3) is 3.84. The summed E-state index contributed by atoms with van der Waals surface area (Å²) in [5, 5.41) is 13.2. The van der Waals surface area contributed by atoms with Gasteiger partial charge >= 0.3 is 0 Å². The van der Waals surface area contributed by atoms with Gasteiger partial charge in [-0.3, -0.25) is 9.59 Å². The first-order valence-electron chi connectivity index (χ1n) is 9.45. The highest BCUT2D eigenvalue weighted by molar-refractivity contribution is 5.94. The number of carbonyl (C=O) groups is 1. The van der Waals surface area contributed by atoms with E-state index in [9.17, 15) is 9.59 Å². The second kappa shape index (κ2) is 8.13. The van der Waals surface area contributed by atoms with E-state index in [1.54, 1.807) is 13.8 Å². The van der Waals surface area contributed by atoms with E-state index in [1.165, 1.54) is 0 Å². The molecule has 2 heterocycles. The second-order valence-corrected chi connectivity index (χ2v) is 7.00. The number of nitriles is 1. The van der Waals surface area contributed by atoms with Crippen molar-refractivity contribution in [3.05, 3.63) is 63.2 Å². The molecule has 6 heteroatoms. The first kappa shape index (κ1) is 19.4. The van der Waals surface area contributed by atoms with E-state index >= 15 is 0 Å². The molecule has 144 valence electrons. The molecular weight excluding hydrogens is 352 g/mol. The number of amides is 1. The summed E-state index contributed by atoms with van der Waals surface area (Å²) in [5.41, 5.74) is 3.85. The minimum Gasteiger partial charge on any atom is -0.347 e. The van der Waals surface area contributed by atoms with Crippen LogP contribution < -0.4 is 10.9 Å². The number of nitrogens with zero attached hydrogens (tertiary/aromatic N) is 2. The van der Waals surface area contributed by atoms with E-state index in [1.807, 2.05) is 24.3 Å². The van der Waals surface area contributed by atoms with Gasteiger partial charge in [-0.1, -0.05) is 6.92 Å². The summed E-state index contributed by atoms with van der Waals surface area (Å²) in [6, 6.07) is 9.91. The minimum absolute atomic E-state index is 0.101. The molecule has 0 unspecified atom stereocenters. The van der Waals surface area contributed by atoms with E-state index in [2.05, 4.69) is 34.1 Å². The van der Waals surface area contributed by atoms with Crippen molar-refractivity contribution in [1.29, 1.82) is 5.26 Å². The third-order valence-electron chi connectivity index (χ3n) is 5.04. The molecule has 0 radical (unpaired) electrons. The van der Waals surface area contributed by atoms with E-state index in [-0.39, 0.29) is 23.5 Å². The Kier molecular flexibility index (Phi) is 5.65. The fraction of sp³-hybridized carbons (Fsp3) is 0.318. The number of hydrogen-bond donors (Lipinski definition) is 2. The van der Waals surface area contributed by atoms with Gasteiger partial charge in [0.25, 0.3) is 5.56 Å². The van der Waals surface area contributed by atoms with Gasteiger partial charge in [-0.2, -0.15) is 5.26 Å². The lowest BCUT2D eigenvalue weighted by Crippen LogP contribution is -2.18. The molecule has 1 aromatic carbocycles. The first-order valence-corrected chi connectivity index (χ1v) is 9.45. The molecule has 0 bridgehead atoms. The van der Waals surface area contributed by atoms with Crippen molar-refractivity contribution in [3.63, 3.8) is 0 Å². The van der Waals surface area contributed by atoms with Crippen molar-refractivity contribution in [2.75, 3.05) is 5.32 Å². The maximum Gasteiger partial charge on any atom is 0.266 e. The number of fused-ring (bicyclic) bond motifs is 1. The van der Waals surface area contributed by atoms with Gasteiger partial charge in [-0.15, -0.1) is 0 Å². The van der Waals surface area contributed by atoms with E-state index in [0.717, 1.165) is 35.1 Å². The van der Waals surface area contributed by atoms with E-state index in [0.29, 0.717) is 17.7 Å². The summed E-state index contributed by atoms with van der Waals surface area (Å²) < 4.78 is 2.20. The number of hydrogen-bond acceptors (Lipinski definition) is 3. The molecular formula is C22H24N4O2. The van der Waals surface area contributed by atoms with Crippen LogP contribution in [0.1, 0.15) is 42.1 Å². The molecule has 0 atom stereocenters. The van der Waals surface area contributed by atoms with Gasteiger partial charge in [0.05, 0.1) is 0 Å². The Balaban J connectivity index is 1.71. The Morgan fingerprint density at radius 3 is 2.79 bits per heavy atom. The molecule has 2 aromatic heterocycles. The zero-order valence-corrected chi connectivity index (χ0v) is 16.4. The van der Waals surface area contributed by atoms with Crippen molar-refractivity contribution in [2.24, 2.45) is 0 Å². The predicted molar refractivity (Wildman–Crippen MR) is 110 cm³/mol. The molecule has 3 rings (SSSR count). The third-order valence-corrected chi connectivity index (χ3v) is 5.04. The molecule has 0 fully saturated rings. The summed E-state index contributed by atoms with van der Waals surface area (Å²) in [4.78, 5) is 26.9. The smallest absolute Gasteiger partial charge is 0.266 e. The fourth-order valence-electron chi connectivity index (χ4n) is 3.60. The summed E-state index contributed by atoms with van der Waals surface area (Å²) in [7, 11) is 0. The average molecular weight is 376 g/mol. The zero-order chi connectivity index (χ0) is 20.3. The Bertz CT molecular complexity index is 1130. The van der Waals surface area contributed by atoms with Crippen molar-refractivity contribution in [1.82, 2.24) is 9.55 Å². The van der Waals surface area contributed by atoms with Gasteiger partial charge in [-0.25, -0.2) is 0 Å². The number of benzene rings is 1. The van der Waals surface area contributed by atoms with Crippen molar-refractivity contribution in [3.8, 4) is 6.07 Å². The Morgan fingerprint density at radius 2 is 2.07 bits per heavy atom. The number of pyridine rings is 1. The molecule has 1 amide bonds. The topological polar surface area (TPSA) is 90.7 Å². The fourth-order valence-corrected chi connectivity index (χ4v) is 3.60. The SMILES string of the molecule is CCCn1ccc2cc(NC(=O)CCc3c(C)[nH]c(=O)c(C#N)c3C)ccc21. The predicted octanol–water partition coefficient (Wildman–Crippen LogP) is 3.80. The molecule has 28 heavy (non-hydrogen) atoms. The summed E-state index contributed by atoms with van der Waals surface area (Å²) in [5.74, 6) is -0.101. The quantitative estimate of drug-likeness (QED) is 0.685. The van der Waals surface area contributed by atoms with Crippen LogP contribution in [-0.2, 0) is 17.8 Å². The number of carbonyl (C=O) groups excluding carboxylic acids is 1. The number of aromatic nitrogens is 2. The summed E-state index contributed by atoms with van der Waals surface area (Å²) >= 11 is 0. The van der Waals surface area contributed by atoms with E-state index < -0.39 is 0 Å². The highest BCUT2D eigenvalue weighted by Gasteiger charge is 2.13. The number of aromatic amines is 1. The highest BCUT2D eigenvalue weighted by Crippen LogP contribution is 2.21. The summed E-state index contributed by atoms with van der Waals surface area (Å²) in [6.45, 7) is 6.66. The van der Waals surface area contributed by atoms with Crippen LogP contribution in [0.15, 0.2) is 35.3 Å². The maximum atomic E-state index is 12.4. The van der Waals surface area contributed by atoms with Crippen LogP contribution in [0.3, 0.4) is 0 Å². The van der Waals surface area contributed by atoms with Crippen LogP contribution in [0.4, 0.5) is 5.69 Å². The number of anilines is 1. The molecule has 2 N–H and O–H groups in total. The number of rotatable bonds is 6. The number of H-pyrrole nitrogens is 1. The van der Waals surface area contributed by atoms with Gasteiger partial charge in [0.1, 0.15) is 11.6 Å². The van der Waals surface area contributed by atoms with Gasteiger partial charge in [-0.05, 0) is 62.1 Å². The van der Waals surface area contributed by atoms with Crippen LogP contribution in [-0.4, -0.2) is 15.5 Å². The highest BCUT2D eigenvalue weighted by atomic mass is 16.1. The van der Waals surface area contributed by atoms with Crippen molar-refractivity contribution >= 4 is 22.5 Å². The van der Waals surface area contributed by atoms with Crippen LogP contribution in [0.2, 0.25) is 0 Å². The van der Waals surface area contributed by atoms with Crippen LogP contribution in [0.25, 0.3) is 10.9 Å². The molecule has 0 aliphatic heterocycles.